The van der Waals surface area contributed by atoms with Crippen LogP contribution in [0.15, 0.2) is 36.5 Å². The van der Waals surface area contributed by atoms with Crippen molar-refractivity contribution in [2.75, 3.05) is 0 Å². The predicted octanol–water partition coefficient (Wildman–Crippen LogP) is 1.47. The van der Waals surface area contributed by atoms with Crippen LogP contribution in [0.2, 0.25) is 0 Å². The van der Waals surface area contributed by atoms with Crippen LogP contribution in [0, 0.1) is 0 Å². The topological polar surface area (TPSA) is 50.2 Å². The third-order valence-electron chi connectivity index (χ3n) is 2.13. The van der Waals surface area contributed by atoms with Crippen molar-refractivity contribution in [3.8, 4) is 0 Å². The van der Waals surface area contributed by atoms with Crippen LogP contribution in [0.25, 0.3) is 10.9 Å². The first-order valence-corrected chi connectivity index (χ1v) is 4.30. The van der Waals surface area contributed by atoms with Gasteiger partial charge in [-0.3, -0.25) is 4.98 Å². The number of nitrogens with zero attached hydrogens (tertiary/aromatic N) is 1. The van der Waals surface area contributed by atoms with Gasteiger partial charge < -0.3 is 9.90 Å². The number of hydrogen-bond acceptors (Lipinski definition) is 3. The summed E-state index contributed by atoms with van der Waals surface area (Å²) in [5.41, 5.74) is 1.39. The van der Waals surface area contributed by atoms with E-state index < -0.39 is 6.10 Å². The van der Waals surface area contributed by atoms with Crippen LogP contribution in [0.5, 0.6) is 0 Å². The van der Waals surface area contributed by atoms with Gasteiger partial charge in [0.1, 0.15) is 6.10 Å². The second-order valence-corrected chi connectivity index (χ2v) is 3.00. The highest BCUT2D eigenvalue weighted by atomic mass is 16.3. The molecule has 0 saturated carbocycles. The summed E-state index contributed by atoms with van der Waals surface area (Å²) in [5.74, 6) is 0. The molecular formula is C11H9NO2. The minimum Gasteiger partial charge on any atom is -0.381 e. The maximum absolute atomic E-state index is 10.5. The molecule has 0 amide bonds. The van der Waals surface area contributed by atoms with Crippen LogP contribution in [-0.2, 0) is 4.79 Å². The van der Waals surface area contributed by atoms with E-state index in [1.165, 1.54) is 0 Å². The SMILES string of the molecule is O=CC(O)c1cccc2ncccc12. The van der Waals surface area contributed by atoms with Gasteiger partial charge in [-0.05, 0) is 17.7 Å². The van der Waals surface area contributed by atoms with Crippen molar-refractivity contribution >= 4 is 17.2 Å². The van der Waals surface area contributed by atoms with E-state index in [0.717, 1.165) is 10.9 Å². The molecule has 0 aliphatic rings. The van der Waals surface area contributed by atoms with E-state index in [9.17, 15) is 9.90 Å². The minimum atomic E-state index is -1.07. The standard InChI is InChI=1S/C11H9NO2/c13-7-11(14)9-3-1-5-10-8(9)4-2-6-12-10/h1-7,11,14H. The minimum absolute atomic E-state index is 0.516. The van der Waals surface area contributed by atoms with Crippen molar-refractivity contribution in [3.05, 3.63) is 42.1 Å². The molecule has 1 aromatic heterocycles. The summed E-state index contributed by atoms with van der Waals surface area (Å²) in [4.78, 5) is 14.6. The molecule has 2 aromatic rings. The van der Waals surface area contributed by atoms with Gasteiger partial charge in [0.05, 0.1) is 5.52 Å². The van der Waals surface area contributed by atoms with Gasteiger partial charge in [-0.2, -0.15) is 0 Å². The van der Waals surface area contributed by atoms with Crippen molar-refractivity contribution in [1.29, 1.82) is 0 Å². The van der Waals surface area contributed by atoms with Gasteiger partial charge >= 0.3 is 0 Å². The molecule has 0 saturated heterocycles. The zero-order valence-electron chi connectivity index (χ0n) is 7.42. The molecule has 1 heterocycles. The monoisotopic (exact) mass is 187 g/mol. The van der Waals surface area contributed by atoms with Crippen molar-refractivity contribution < 1.29 is 9.90 Å². The number of hydrogen-bond donors (Lipinski definition) is 1. The number of carbonyl (C=O) groups is 1. The van der Waals surface area contributed by atoms with Gasteiger partial charge in [0.15, 0.2) is 6.29 Å². The quantitative estimate of drug-likeness (QED) is 0.724. The fourth-order valence-corrected chi connectivity index (χ4v) is 1.46. The fourth-order valence-electron chi connectivity index (χ4n) is 1.46. The molecule has 0 radical (unpaired) electrons. The molecule has 0 bridgehead atoms. The Bertz CT molecular complexity index is 462. The van der Waals surface area contributed by atoms with E-state index in [-0.39, 0.29) is 0 Å². The van der Waals surface area contributed by atoms with Gasteiger partial charge in [0.2, 0.25) is 0 Å². The molecule has 0 fully saturated rings. The third-order valence-corrected chi connectivity index (χ3v) is 2.13. The number of fused-ring (bicyclic) bond motifs is 1. The first-order valence-electron chi connectivity index (χ1n) is 4.30. The second kappa shape index (κ2) is 3.55. The van der Waals surface area contributed by atoms with Crippen molar-refractivity contribution in [3.63, 3.8) is 0 Å². The van der Waals surface area contributed by atoms with E-state index in [2.05, 4.69) is 4.98 Å². The molecule has 0 aliphatic heterocycles. The number of aliphatic hydroxyl groups excluding tert-OH is 1. The van der Waals surface area contributed by atoms with E-state index in [1.54, 1.807) is 24.4 Å². The Hall–Kier alpha value is -1.74. The van der Waals surface area contributed by atoms with Gasteiger partial charge in [-0.1, -0.05) is 18.2 Å². The number of aromatic nitrogens is 1. The third kappa shape index (κ3) is 1.38. The van der Waals surface area contributed by atoms with Crippen LogP contribution >= 0.6 is 0 Å². The van der Waals surface area contributed by atoms with Gasteiger partial charge in [-0.25, -0.2) is 0 Å². The van der Waals surface area contributed by atoms with Gasteiger partial charge in [0.25, 0.3) is 0 Å². The molecule has 1 unspecified atom stereocenters. The van der Waals surface area contributed by atoms with Crippen molar-refractivity contribution in [2.24, 2.45) is 0 Å². The summed E-state index contributed by atoms with van der Waals surface area (Å²) in [5, 5.41) is 10.2. The summed E-state index contributed by atoms with van der Waals surface area (Å²) >= 11 is 0. The Labute approximate surface area is 81.0 Å². The average molecular weight is 187 g/mol. The first-order chi connectivity index (χ1) is 6.83. The van der Waals surface area contributed by atoms with Crippen molar-refractivity contribution in [1.82, 2.24) is 4.98 Å². The molecule has 3 nitrogen and oxygen atoms in total. The number of aldehydes is 1. The summed E-state index contributed by atoms with van der Waals surface area (Å²) in [6.45, 7) is 0. The maximum atomic E-state index is 10.5. The highest BCUT2D eigenvalue weighted by Gasteiger charge is 2.09. The maximum Gasteiger partial charge on any atom is 0.153 e. The van der Waals surface area contributed by atoms with Crippen LogP contribution in [0.3, 0.4) is 0 Å². The van der Waals surface area contributed by atoms with Crippen molar-refractivity contribution in [2.45, 2.75) is 6.10 Å². The summed E-state index contributed by atoms with van der Waals surface area (Å²) in [6, 6.07) is 8.96. The van der Waals surface area contributed by atoms with Gasteiger partial charge in [0, 0.05) is 11.6 Å². The average Bonchev–Trinajstić information content (AvgIpc) is 2.27. The van der Waals surface area contributed by atoms with E-state index >= 15 is 0 Å². The Morgan fingerprint density at radius 3 is 2.93 bits per heavy atom. The molecule has 70 valence electrons. The molecule has 1 atom stereocenters. The second-order valence-electron chi connectivity index (χ2n) is 3.00. The summed E-state index contributed by atoms with van der Waals surface area (Å²) < 4.78 is 0. The Kier molecular flexibility index (Phi) is 2.24. The number of carbonyl (C=O) groups excluding carboxylic acids is 1. The van der Waals surface area contributed by atoms with Crippen LogP contribution < -0.4 is 0 Å². The number of aliphatic hydroxyl groups is 1. The zero-order chi connectivity index (χ0) is 9.97. The Morgan fingerprint density at radius 1 is 1.29 bits per heavy atom. The smallest absolute Gasteiger partial charge is 0.153 e. The molecule has 1 aromatic carbocycles. The molecular weight excluding hydrogens is 178 g/mol. The highest BCUT2D eigenvalue weighted by Crippen LogP contribution is 2.21. The molecule has 0 spiro atoms. The first kappa shape index (κ1) is 8.84. The molecule has 14 heavy (non-hydrogen) atoms. The fraction of sp³-hybridized carbons (Fsp3) is 0.0909. The predicted molar refractivity (Wildman–Crippen MR) is 52.8 cm³/mol. The molecule has 0 aliphatic carbocycles. The lowest BCUT2D eigenvalue weighted by atomic mass is 10.0. The Morgan fingerprint density at radius 2 is 2.14 bits per heavy atom. The van der Waals surface area contributed by atoms with E-state index in [4.69, 9.17) is 0 Å². The van der Waals surface area contributed by atoms with E-state index in [1.807, 2.05) is 12.1 Å². The number of rotatable bonds is 2. The lowest BCUT2D eigenvalue weighted by Crippen LogP contribution is -1.99. The number of pyridine rings is 1. The zero-order valence-corrected chi connectivity index (χ0v) is 7.42. The molecule has 3 heteroatoms. The Balaban J connectivity index is 2.70. The van der Waals surface area contributed by atoms with Crippen LogP contribution in [-0.4, -0.2) is 16.4 Å². The summed E-state index contributed by atoms with van der Waals surface area (Å²) in [6.07, 6.45) is 1.13. The number of benzene rings is 1. The van der Waals surface area contributed by atoms with Crippen LogP contribution in [0.1, 0.15) is 11.7 Å². The molecule has 2 rings (SSSR count). The largest absolute Gasteiger partial charge is 0.381 e. The van der Waals surface area contributed by atoms with E-state index in [0.29, 0.717) is 11.8 Å². The van der Waals surface area contributed by atoms with Crippen LogP contribution in [0.4, 0.5) is 0 Å². The highest BCUT2D eigenvalue weighted by molar-refractivity contribution is 5.84. The normalized spacial score (nSPS) is 12.6. The summed E-state index contributed by atoms with van der Waals surface area (Å²) in [7, 11) is 0. The lowest BCUT2D eigenvalue weighted by Gasteiger charge is -2.06. The lowest BCUT2D eigenvalue weighted by molar-refractivity contribution is -0.115. The van der Waals surface area contributed by atoms with Gasteiger partial charge in [-0.15, -0.1) is 0 Å². The molecule has 1 N–H and O–H groups in total.